The minimum atomic E-state index is -3.34. The van der Waals surface area contributed by atoms with Gasteiger partial charge in [-0.25, -0.2) is 0 Å². The van der Waals surface area contributed by atoms with Crippen molar-refractivity contribution in [1.82, 2.24) is 4.72 Å². The lowest BCUT2D eigenvalue weighted by Crippen LogP contribution is -2.34. The Balaban J connectivity index is 2.44. The molecule has 1 aliphatic rings. The summed E-state index contributed by atoms with van der Waals surface area (Å²) in [6, 6.07) is 5.89. The second kappa shape index (κ2) is 3.50. The van der Waals surface area contributed by atoms with E-state index in [4.69, 9.17) is 0 Å². The number of benzene rings is 1. The van der Waals surface area contributed by atoms with E-state index >= 15 is 0 Å². The maximum Gasteiger partial charge on any atom is 0.299 e. The normalized spacial score (nSPS) is 18.3. The van der Waals surface area contributed by atoms with Crippen LogP contribution in [-0.2, 0) is 16.8 Å². The molecular weight excluding hydrogens is 212 g/mol. The van der Waals surface area contributed by atoms with Crippen molar-refractivity contribution in [2.24, 2.45) is 0 Å². The molecule has 0 saturated heterocycles. The molecule has 2 rings (SSSR count). The molecule has 2 N–H and O–H groups in total. The number of nitrogens with one attached hydrogen (secondary N) is 2. The second-order valence-corrected chi connectivity index (χ2v) is 5.50. The second-order valence-electron chi connectivity index (χ2n) is 4.00. The number of rotatable bonds is 1. The maximum absolute atomic E-state index is 11.3. The Bertz CT molecular complexity index is 480. The Morgan fingerprint density at radius 3 is 2.73 bits per heavy atom. The molecule has 0 saturated carbocycles. The fourth-order valence-corrected chi connectivity index (χ4v) is 2.45. The van der Waals surface area contributed by atoms with Crippen LogP contribution in [0.15, 0.2) is 18.2 Å². The predicted octanol–water partition coefficient (Wildman–Crippen LogP) is 1.57. The lowest BCUT2D eigenvalue weighted by molar-refractivity contribution is 0.584. The zero-order chi connectivity index (χ0) is 11.1. The number of hydrogen-bond donors (Lipinski definition) is 2. The molecule has 0 atom stereocenters. The van der Waals surface area contributed by atoms with Crippen molar-refractivity contribution < 1.29 is 8.42 Å². The van der Waals surface area contributed by atoms with Crippen molar-refractivity contribution in [1.29, 1.82) is 0 Å². The van der Waals surface area contributed by atoms with Gasteiger partial charge in [-0.1, -0.05) is 26.0 Å². The van der Waals surface area contributed by atoms with Crippen LogP contribution in [0, 0.1) is 0 Å². The third-order valence-electron chi connectivity index (χ3n) is 2.50. The van der Waals surface area contributed by atoms with E-state index in [0.29, 0.717) is 18.2 Å². The molecule has 1 aromatic rings. The molecule has 0 aliphatic carbocycles. The van der Waals surface area contributed by atoms with Gasteiger partial charge in [0.2, 0.25) is 0 Å². The van der Waals surface area contributed by atoms with Crippen LogP contribution in [0.3, 0.4) is 0 Å². The van der Waals surface area contributed by atoms with Gasteiger partial charge in [0.15, 0.2) is 0 Å². The summed E-state index contributed by atoms with van der Waals surface area (Å²) in [5, 5.41) is 0. The lowest BCUT2D eigenvalue weighted by atomic mass is 10.0. The number of fused-ring (bicyclic) bond motifs is 1. The Kier molecular flexibility index (Phi) is 2.44. The van der Waals surface area contributed by atoms with Gasteiger partial charge in [-0.15, -0.1) is 0 Å². The summed E-state index contributed by atoms with van der Waals surface area (Å²) in [5.74, 6) is 0.398. The highest BCUT2D eigenvalue weighted by molar-refractivity contribution is 7.90. The van der Waals surface area contributed by atoms with Gasteiger partial charge in [0.05, 0.1) is 5.69 Å². The van der Waals surface area contributed by atoms with Gasteiger partial charge in [0.25, 0.3) is 10.2 Å². The first-order valence-electron chi connectivity index (χ1n) is 4.88. The van der Waals surface area contributed by atoms with Crippen molar-refractivity contribution >= 4 is 15.9 Å². The molecule has 1 heterocycles. The molecule has 0 aromatic heterocycles. The molecule has 1 aliphatic heterocycles. The van der Waals surface area contributed by atoms with Crippen LogP contribution in [0.5, 0.6) is 0 Å². The highest BCUT2D eigenvalue weighted by Crippen LogP contribution is 2.25. The van der Waals surface area contributed by atoms with E-state index in [2.05, 4.69) is 23.3 Å². The van der Waals surface area contributed by atoms with E-state index in [9.17, 15) is 8.42 Å². The summed E-state index contributed by atoms with van der Waals surface area (Å²) in [6.45, 7) is 4.53. The monoisotopic (exact) mass is 226 g/mol. The Morgan fingerprint density at radius 2 is 2.07 bits per heavy atom. The highest BCUT2D eigenvalue weighted by Gasteiger charge is 2.19. The molecule has 0 unspecified atom stereocenters. The van der Waals surface area contributed by atoms with Gasteiger partial charge in [-0.2, -0.15) is 13.1 Å². The SMILES string of the molecule is CC(C)c1ccc2c(c1)NS(=O)(=O)NC2. The van der Waals surface area contributed by atoms with Gasteiger partial charge >= 0.3 is 0 Å². The standard InChI is InChI=1S/C10H14N2O2S/c1-7(2)8-3-4-9-6-11-15(13,14)12-10(9)5-8/h3-5,7,11-12H,6H2,1-2H3. The van der Waals surface area contributed by atoms with E-state index in [1.54, 1.807) is 0 Å². The molecule has 1 aromatic carbocycles. The molecule has 5 heteroatoms. The number of hydrogen-bond acceptors (Lipinski definition) is 2. The minimum absolute atomic E-state index is 0.364. The van der Waals surface area contributed by atoms with Crippen LogP contribution >= 0.6 is 0 Å². The van der Waals surface area contributed by atoms with E-state index in [0.717, 1.165) is 11.1 Å². The Labute approximate surface area is 89.9 Å². The molecule has 0 fully saturated rings. The van der Waals surface area contributed by atoms with Crippen molar-refractivity contribution in [3.05, 3.63) is 29.3 Å². The lowest BCUT2D eigenvalue weighted by Gasteiger charge is -2.20. The smallest absolute Gasteiger partial charge is 0.271 e. The average Bonchev–Trinajstić information content (AvgIpc) is 2.15. The minimum Gasteiger partial charge on any atom is -0.271 e. The van der Waals surface area contributed by atoms with Crippen molar-refractivity contribution in [3.8, 4) is 0 Å². The first-order valence-corrected chi connectivity index (χ1v) is 6.36. The fraction of sp³-hybridized carbons (Fsp3) is 0.400. The third-order valence-corrected chi connectivity index (χ3v) is 3.51. The van der Waals surface area contributed by atoms with Crippen molar-refractivity contribution in [3.63, 3.8) is 0 Å². The van der Waals surface area contributed by atoms with E-state index < -0.39 is 10.2 Å². The van der Waals surface area contributed by atoms with Crippen LogP contribution in [-0.4, -0.2) is 8.42 Å². The van der Waals surface area contributed by atoms with Gasteiger partial charge in [-0.3, -0.25) is 4.72 Å². The molecule has 15 heavy (non-hydrogen) atoms. The van der Waals surface area contributed by atoms with Crippen LogP contribution in [0.2, 0.25) is 0 Å². The molecule has 0 bridgehead atoms. The molecule has 0 amide bonds. The Morgan fingerprint density at radius 1 is 1.33 bits per heavy atom. The Hall–Kier alpha value is -1.07. The van der Waals surface area contributed by atoms with E-state index in [-0.39, 0.29) is 0 Å². The summed E-state index contributed by atoms with van der Waals surface area (Å²) >= 11 is 0. The van der Waals surface area contributed by atoms with E-state index in [1.165, 1.54) is 0 Å². The zero-order valence-corrected chi connectivity index (χ0v) is 9.56. The van der Waals surface area contributed by atoms with Crippen LogP contribution in [0.4, 0.5) is 5.69 Å². The van der Waals surface area contributed by atoms with Crippen molar-refractivity contribution in [2.45, 2.75) is 26.3 Å². The van der Waals surface area contributed by atoms with Crippen LogP contribution in [0.1, 0.15) is 30.9 Å². The van der Waals surface area contributed by atoms with Gasteiger partial charge < -0.3 is 0 Å². The highest BCUT2D eigenvalue weighted by atomic mass is 32.2. The van der Waals surface area contributed by atoms with Gasteiger partial charge in [-0.05, 0) is 23.1 Å². The summed E-state index contributed by atoms with van der Waals surface area (Å²) < 4.78 is 27.5. The van der Waals surface area contributed by atoms with Gasteiger partial charge in [0, 0.05) is 6.54 Å². The fourth-order valence-electron chi connectivity index (χ4n) is 1.56. The molecule has 82 valence electrons. The quantitative estimate of drug-likeness (QED) is 0.763. The molecular formula is C10H14N2O2S. The molecule has 4 nitrogen and oxygen atoms in total. The van der Waals surface area contributed by atoms with Crippen LogP contribution in [0.25, 0.3) is 0 Å². The van der Waals surface area contributed by atoms with Crippen LogP contribution < -0.4 is 9.44 Å². The summed E-state index contributed by atoms with van der Waals surface area (Å²) in [5.41, 5.74) is 2.81. The summed E-state index contributed by atoms with van der Waals surface area (Å²) in [4.78, 5) is 0. The topological polar surface area (TPSA) is 58.2 Å². The predicted molar refractivity (Wildman–Crippen MR) is 59.9 cm³/mol. The summed E-state index contributed by atoms with van der Waals surface area (Å²) in [6.07, 6.45) is 0. The zero-order valence-electron chi connectivity index (χ0n) is 8.74. The molecule has 0 radical (unpaired) electrons. The number of anilines is 1. The van der Waals surface area contributed by atoms with Gasteiger partial charge in [0.1, 0.15) is 0 Å². The third kappa shape index (κ3) is 2.13. The first kappa shape index (κ1) is 10.4. The van der Waals surface area contributed by atoms with E-state index in [1.807, 2.05) is 18.2 Å². The van der Waals surface area contributed by atoms with Crippen molar-refractivity contribution in [2.75, 3.05) is 4.72 Å². The first-order chi connectivity index (χ1) is 6.98. The largest absolute Gasteiger partial charge is 0.299 e. The maximum atomic E-state index is 11.3. The summed E-state index contributed by atoms with van der Waals surface area (Å²) in [7, 11) is -3.34. The molecule has 0 spiro atoms. The average molecular weight is 226 g/mol.